The molecular weight excluding hydrogens is 1110 g/mol. The van der Waals surface area contributed by atoms with E-state index in [4.69, 9.17) is 32.8 Å². The molecule has 2 fully saturated rings. The summed E-state index contributed by atoms with van der Waals surface area (Å²) in [7, 11) is -0.700. The maximum absolute atomic E-state index is 6.33. The van der Waals surface area contributed by atoms with E-state index in [2.05, 4.69) is 263 Å². The van der Waals surface area contributed by atoms with Gasteiger partial charge in [-0.05, 0) is 204 Å². The number of fused-ring (bicyclic) bond motifs is 8. The van der Waals surface area contributed by atoms with Gasteiger partial charge in [-0.3, -0.25) is 0 Å². The molecule has 0 aliphatic carbocycles. The van der Waals surface area contributed by atoms with Gasteiger partial charge in [-0.25, -0.2) is 0 Å². The number of ether oxygens (including phenoxy) is 3. The van der Waals surface area contributed by atoms with Gasteiger partial charge in [0.2, 0.25) is 0 Å². The van der Waals surface area contributed by atoms with E-state index in [0.29, 0.717) is 0 Å². The molecule has 0 radical (unpaired) electrons. The predicted octanol–water partition coefficient (Wildman–Crippen LogP) is 20.4. The van der Waals surface area contributed by atoms with Gasteiger partial charge in [-0.15, -0.1) is 0 Å². The lowest BCUT2D eigenvalue weighted by molar-refractivity contribution is 0.00578. The van der Waals surface area contributed by atoms with Crippen molar-refractivity contribution in [3.05, 3.63) is 242 Å². The first kappa shape index (κ1) is 55.8. The Hall–Kier alpha value is -9.47. The molecule has 13 aromatic carbocycles. The van der Waals surface area contributed by atoms with Crippen molar-refractivity contribution in [2.45, 2.75) is 84.7 Å². The van der Waals surface area contributed by atoms with Crippen LogP contribution in [-0.2, 0) is 18.6 Å². The molecule has 0 N–H and O–H groups in total. The molecule has 5 aliphatic rings. The normalized spacial score (nSPS) is 16.2. The number of hydrogen-bond donors (Lipinski definition) is 0. The Kier molecular flexibility index (Phi) is 12.9. The lowest BCUT2D eigenvalue weighted by Gasteiger charge is -2.32. The van der Waals surface area contributed by atoms with E-state index in [1.165, 1.54) is 93.2 Å². The topological polar surface area (TPSA) is 64.6 Å². The number of hydrogen-bond acceptors (Lipinski definition) is 7. The molecule has 0 bridgehead atoms. The molecule has 9 heteroatoms. The van der Waals surface area contributed by atoms with Crippen molar-refractivity contribution in [1.29, 1.82) is 0 Å². The first-order valence-corrected chi connectivity index (χ1v) is 31.2. The van der Waals surface area contributed by atoms with Crippen molar-refractivity contribution in [2.24, 2.45) is 0 Å². The lowest BCUT2D eigenvalue weighted by atomic mass is 9.76. The first-order chi connectivity index (χ1) is 43.4. The van der Waals surface area contributed by atoms with E-state index in [-0.39, 0.29) is 36.6 Å². The fourth-order valence-electron chi connectivity index (χ4n) is 13.5. The second-order valence-corrected chi connectivity index (χ2v) is 26.5. The van der Waals surface area contributed by atoms with E-state index in [1.807, 2.05) is 36.4 Å². The Morgan fingerprint density at radius 1 is 0.256 bits per heavy atom. The Labute approximate surface area is 526 Å². The van der Waals surface area contributed by atoms with Crippen LogP contribution in [0.3, 0.4) is 0 Å². The predicted molar refractivity (Wildman–Crippen MR) is 370 cm³/mol. The van der Waals surface area contributed by atoms with Crippen LogP contribution in [0.1, 0.15) is 61.0 Å². The minimum Gasteiger partial charge on any atom is -0.456 e. The SMILES string of the molecule is CC1(C)OB(c2ccc3cc(B4OC(C)(C)C(C)(C)O4)ccc3c2)OC1(C)C.Cc1ccc2c(c1)Oc1cccc3cccc-2c13.c1ccc2c(c1)Oc1ccc(-c3ccc4cc(-c5ccc6c7c(cccc57)-c5ccccc5O6)ccc4c3)c3cccc-2c13. The Morgan fingerprint density at radius 2 is 0.622 bits per heavy atom. The highest BCUT2D eigenvalue weighted by molar-refractivity contribution is 6.63. The molecule has 0 atom stereocenters. The zero-order valence-corrected chi connectivity index (χ0v) is 52.0. The van der Waals surface area contributed by atoms with Crippen molar-refractivity contribution in [1.82, 2.24) is 0 Å². The molecule has 90 heavy (non-hydrogen) atoms. The van der Waals surface area contributed by atoms with Gasteiger partial charge < -0.3 is 32.8 Å². The molecule has 438 valence electrons. The average molecular weight is 1170 g/mol. The van der Waals surface area contributed by atoms with Gasteiger partial charge in [-0.2, -0.15) is 0 Å². The summed E-state index contributed by atoms with van der Waals surface area (Å²) in [5, 5.41) is 11.9. The Bertz CT molecular complexity index is 4830. The van der Waals surface area contributed by atoms with Gasteiger partial charge in [0.15, 0.2) is 0 Å². The minimum atomic E-state index is -0.350. The highest BCUT2D eigenvalue weighted by Crippen LogP contribution is 2.52. The minimum absolute atomic E-state index is 0.340. The van der Waals surface area contributed by atoms with Crippen molar-refractivity contribution < 1.29 is 32.8 Å². The number of rotatable bonds is 4. The van der Waals surface area contributed by atoms with Crippen molar-refractivity contribution in [3.8, 4) is 90.1 Å². The highest BCUT2D eigenvalue weighted by Gasteiger charge is 2.53. The second-order valence-electron chi connectivity index (χ2n) is 26.5. The van der Waals surface area contributed by atoms with E-state index in [1.54, 1.807) is 0 Å². The number of aryl methyl sites for hydroxylation is 1. The highest BCUT2D eigenvalue weighted by atomic mass is 16.7. The van der Waals surface area contributed by atoms with Crippen LogP contribution in [0, 0.1) is 6.92 Å². The van der Waals surface area contributed by atoms with Crippen molar-refractivity contribution in [2.75, 3.05) is 0 Å². The van der Waals surface area contributed by atoms with Crippen LogP contribution in [0.25, 0.3) is 109 Å². The van der Waals surface area contributed by atoms with Crippen LogP contribution in [0.5, 0.6) is 34.5 Å². The van der Waals surface area contributed by atoms with Gasteiger partial charge in [0.05, 0.1) is 22.4 Å². The standard InChI is InChI=1S/C42H24O2.C22H30B2O4.C17H12O/c1-3-13-37-31(7-1)35-11-5-9-33-29(19-21-39(43-37)41(33)35)27-17-15-26-24-28(18-16-25(26)23-27)30-20-22-40-42-34(30)10-6-12-36(42)32-8-2-4-14-38(32)44-40;1-19(2)20(3,4)26-23(25-19)17-11-9-16-14-18(12-10-15(16)13-17)24-27-21(5,6)22(7,8)28-24;1-11-8-9-13-14-6-2-4-12-5-3-7-15(17(12)14)18-16(13)10-11/h1-24H;9-14H,1-8H3;2-10H,1H3. The quantitative estimate of drug-likeness (QED) is 0.163. The zero-order chi connectivity index (χ0) is 61.4. The fourth-order valence-corrected chi connectivity index (χ4v) is 13.5. The molecular formula is C81H66B2O7. The maximum Gasteiger partial charge on any atom is 0.494 e. The summed E-state index contributed by atoms with van der Waals surface area (Å²) in [6.45, 7) is 18.7. The largest absolute Gasteiger partial charge is 0.494 e. The summed E-state index contributed by atoms with van der Waals surface area (Å²) in [6.07, 6.45) is 0. The summed E-state index contributed by atoms with van der Waals surface area (Å²) < 4.78 is 43.4. The van der Waals surface area contributed by atoms with Crippen molar-refractivity contribution in [3.63, 3.8) is 0 Å². The summed E-state index contributed by atoms with van der Waals surface area (Å²) in [6, 6.07) is 83.6. The first-order valence-electron chi connectivity index (χ1n) is 31.2. The summed E-state index contributed by atoms with van der Waals surface area (Å²) in [5.74, 6) is 5.57. The molecule has 5 aliphatic heterocycles. The van der Waals surface area contributed by atoms with Crippen LogP contribution < -0.4 is 25.1 Å². The molecule has 0 spiro atoms. The second kappa shape index (κ2) is 20.8. The third kappa shape index (κ3) is 9.28. The van der Waals surface area contributed by atoms with Crippen LogP contribution in [0.4, 0.5) is 0 Å². The molecule has 0 unspecified atom stereocenters. The molecule has 2 saturated heterocycles. The van der Waals surface area contributed by atoms with Crippen LogP contribution in [0.2, 0.25) is 0 Å². The maximum atomic E-state index is 6.33. The van der Waals surface area contributed by atoms with Gasteiger partial charge in [0, 0.05) is 32.8 Å². The molecule has 0 amide bonds. The van der Waals surface area contributed by atoms with Gasteiger partial charge in [-0.1, -0.05) is 188 Å². The lowest BCUT2D eigenvalue weighted by Crippen LogP contribution is -2.41. The molecule has 0 saturated carbocycles. The molecule has 5 heterocycles. The van der Waals surface area contributed by atoms with E-state index in [9.17, 15) is 0 Å². The van der Waals surface area contributed by atoms with E-state index in [0.717, 1.165) is 67.3 Å². The number of benzene rings is 13. The molecule has 0 aromatic heterocycles. The third-order valence-corrected chi connectivity index (χ3v) is 19.7. The monoisotopic (exact) mass is 1170 g/mol. The van der Waals surface area contributed by atoms with Crippen LogP contribution in [-0.4, -0.2) is 36.6 Å². The van der Waals surface area contributed by atoms with E-state index < -0.39 is 0 Å². The van der Waals surface area contributed by atoms with E-state index >= 15 is 0 Å². The smallest absolute Gasteiger partial charge is 0.456 e. The molecule has 13 aromatic rings. The average Bonchev–Trinajstić information content (AvgIpc) is 1.16. The van der Waals surface area contributed by atoms with Gasteiger partial charge in [0.1, 0.15) is 34.5 Å². The van der Waals surface area contributed by atoms with Gasteiger partial charge in [0.25, 0.3) is 0 Å². The Balaban J connectivity index is 0.000000120. The summed E-state index contributed by atoms with van der Waals surface area (Å²) in [4.78, 5) is 0. The Morgan fingerprint density at radius 3 is 1.12 bits per heavy atom. The summed E-state index contributed by atoms with van der Waals surface area (Å²) >= 11 is 0. The van der Waals surface area contributed by atoms with Crippen LogP contribution >= 0.6 is 0 Å². The van der Waals surface area contributed by atoms with Crippen molar-refractivity contribution >= 4 is 79.0 Å². The zero-order valence-electron chi connectivity index (χ0n) is 52.0. The third-order valence-electron chi connectivity index (χ3n) is 19.7. The molecule has 7 nitrogen and oxygen atoms in total. The summed E-state index contributed by atoms with van der Waals surface area (Å²) in [5.41, 5.74) is 13.9. The number of para-hydroxylation sites is 2. The van der Waals surface area contributed by atoms with Crippen LogP contribution in [0.15, 0.2) is 237 Å². The van der Waals surface area contributed by atoms with Gasteiger partial charge >= 0.3 is 14.2 Å². The molecule has 18 rings (SSSR count). The fraction of sp³-hybridized carbons (Fsp3) is 0.160.